The van der Waals surface area contributed by atoms with E-state index in [1.165, 1.54) is 0 Å². The Labute approximate surface area is 368 Å². The zero-order valence-electron chi connectivity index (χ0n) is 36.1. The van der Waals surface area contributed by atoms with Crippen LogP contribution in [0.3, 0.4) is 0 Å². The molecule has 8 aromatic carbocycles. The predicted octanol–water partition coefficient (Wildman–Crippen LogP) is 14.3. The van der Waals surface area contributed by atoms with Crippen molar-refractivity contribution in [1.82, 2.24) is 9.13 Å². The van der Waals surface area contributed by atoms with Gasteiger partial charge in [-0.15, -0.1) is 0 Å². The summed E-state index contributed by atoms with van der Waals surface area (Å²) in [5, 5.41) is 29.0. The number of hydrogen-bond acceptors (Lipinski definition) is 4. The molecule has 0 aliphatic rings. The van der Waals surface area contributed by atoms with E-state index in [1.54, 1.807) is 0 Å². The monoisotopic (exact) mass is 842 g/mol. The summed E-state index contributed by atoms with van der Waals surface area (Å²) in [6.45, 7) is 8.64. The van der Waals surface area contributed by atoms with Crippen LogP contribution in [0, 0.1) is 13.8 Å². The molecular weight excluding hydrogens is 793 g/mol. The van der Waals surface area contributed by atoms with Gasteiger partial charge in [-0.1, -0.05) is 135 Å². The van der Waals surface area contributed by atoms with Crippen LogP contribution < -0.4 is 9.47 Å². The van der Waals surface area contributed by atoms with Crippen LogP contribution in [0.25, 0.3) is 77.2 Å². The number of benzene rings is 8. The summed E-state index contributed by atoms with van der Waals surface area (Å²) in [5.41, 5.74) is 10.8. The lowest BCUT2D eigenvalue weighted by molar-refractivity contribution is 0.342. The SMILES string of the molecule is CC[Si](CC)(COc1ccccc1-c1cc(C)cc(-n2c3ccccc3c3ccccc32)c1O)COc1ccccc1-c1cc(C)cc(-n2c3ccccc3c3ccccc32)c1O. The molecule has 0 aliphatic carbocycles. The molecule has 63 heavy (non-hydrogen) atoms. The fourth-order valence-corrected chi connectivity index (χ4v) is 11.7. The lowest BCUT2D eigenvalue weighted by Crippen LogP contribution is -2.46. The van der Waals surface area contributed by atoms with Gasteiger partial charge in [0.05, 0.1) is 45.9 Å². The Hall–Kier alpha value is -7.22. The quantitative estimate of drug-likeness (QED) is 0.120. The highest BCUT2D eigenvalue weighted by Gasteiger charge is 2.33. The zero-order valence-corrected chi connectivity index (χ0v) is 37.1. The first kappa shape index (κ1) is 39.9. The van der Waals surface area contributed by atoms with Crippen molar-refractivity contribution in [2.24, 2.45) is 0 Å². The number of aromatic nitrogens is 2. The molecule has 10 aromatic rings. The van der Waals surface area contributed by atoms with E-state index in [1.807, 2.05) is 84.9 Å². The Kier molecular flexibility index (Phi) is 10.3. The Balaban J connectivity index is 0.962. The van der Waals surface area contributed by atoms with Gasteiger partial charge < -0.3 is 28.8 Å². The molecule has 0 amide bonds. The lowest BCUT2D eigenvalue weighted by Gasteiger charge is -2.30. The molecule has 10 rings (SSSR count). The van der Waals surface area contributed by atoms with Gasteiger partial charge in [-0.3, -0.25) is 0 Å². The van der Waals surface area contributed by atoms with Crippen LogP contribution in [0.15, 0.2) is 170 Å². The van der Waals surface area contributed by atoms with E-state index in [0.29, 0.717) is 12.5 Å². The summed E-state index contributed by atoms with van der Waals surface area (Å²) in [5.74, 6) is 1.87. The molecule has 0 unspecified atom stereocenters. The molecule has 6 nitrogen and oxygen atoms in total. The summed E-state index contributed by atoms with van der Waals surface area (Å²) in [6.07, 6.45) is 1.08. The smallest absolute Gasteiger partial charge is 0.147 e. The fourth-order valence-electron chi connectivity index (χ4n) is 9.43. The van der Waals surface area contributed by atoms with Crippen LogP contribution in [-0.2, 0) is 0 Å². The maximum Gasteiger partial charge on any atom is 0.147 e. The van der Waals surface area contributed by atoms with Crippen molar-refractivity contribution >= 4 is 51.7 Å². The second kappa shape index (κ2) is 16.2. The summed E-state index contributed by atoms with van der Waals surface area (Å²) in [7, 11) is -2.21. The number of para-hydroxylation sites is 6. The molecule has 0 bridgehead atoms. The summed E-state index contributed by atoms with van der Waals surface area (Å²) in [6, 6.07) is 59.7. The van der Waals surface area contributed by atoms with E-state index < -0.39 is 8.07 Å². The summed E-state index contributed by atoms with van der Waals surface area (Å²) >= 11 is 0. The number of nitrogens with zero attached hydrogens (tertiary/aromatic N) is 2. The van der Waals surface area contributed by atoms with Gasteiger partial charge in [0.2, 0.25) is 0 Å². The van der Waals surface area contributed by atoms with Crippen molar-refractivity contribution in [3.05, 3.63) is 181 Å². The number of fused-ring (bicyclic) bond motifs is 6. The van der Waals surface area contributed by atoms with Crippen LogP contribution in [-0.4, -0.2) is 39.9 Å². The van der Waals surface area contributed by atoms with Crippen molar-refractivity contribution in [2.75, 3.05) is 12.5 Å². The highest BCUT2D eigenvalue weighted by molar-refractivity contribution is 6.79. The maximum atomic E-state index is 12.2. The highest BCUT2D eigenvalue weighted by Crippen LogP contribution is 2.45. The van der Waals surface area contributed by atoms with Gasteiger partial charge in [-0.2, -0.15) is 0 Å². The van der Waals surface area contributed by atoms with E-state index in [2.05, 4.69) is 122 Å². The molecule has 0 radical (unpaired) electrons. The third kappa shape index (κ3) is 6.89. The minimum absolute atomic E-state index is 0.207. The first-order valence-electron chi connectivity index (χ1n) is 21.9. The number of phenols is 2. The average molecular weight is 843 g/mol. The number of ether oxygens (including phenoxy) is 2. The van der Waals surface area contributed by atoms with E-state index in [4.69, 9.17) is 9.47 Å². The van der Waals surface area contributed by atoms with E-state index >= 15 is 0 Å². The highest BCUT2D eigenvalue weighted by atomic mass is 28.3. The molecule has 312 valence electrons. The molecular formula is C56H50N2O4Si. The number of rotatable bonds is 12. The largest absolute Gasteiger partial charge is 0.505 e. The van der Waals surface area contributed by atoms with Crippen LogP contribution in [0.1, 0.15) is 25.0 Å². The van der Waals surface area contributed by atoms with Crippen molar-refractivity contribution in [2.45, 2.75) is 39.8 Å². The third-order valence-corrected chi connectivity index (χ3v) is 17.5. The Bertz CT molecular complexity index is 3020. The van der Waals surface area contributed by atoms with Gasteiger partial charge in [0.25, 0.3) is 0 Å². The zero-order chi connectivity index (χ0) is 43.2. The predicted molar refractivity (Wildman–Crippen MR) is 263 cm³/mol. The van der Waals surface area contributed by atoms with Crippen molar-refractivity contribution in [3.63, 3.8) is 0 Å². The van der Waals surface area contributed by atoms with Crippen LogP contribution in [0.5, 0.6) is 23.0 Å². The maximum absolute atomic E-state index is 12.2. The number of aromatic hydroxyl groups is 2. The Morgan fingerprint density at radius 1 is 0.413 bits per heavy atom. The van der Waals surface area contributed by atoms with Crippen molar-refractivity contribution < 1.29 is 19.7 Å². The summed E-state index contributed by atoms with van der Waals surface area (Å²) < 4.78 is 18.1. The fraction of sp³-hybridized carbons (Fsp3) is 0.143. The van der Waals surface area contributed by atoms with Gasteiger partial charge >= 0.3 is 0 Å². The van der Waals surface area contributed by atoms with E-state index in [-0.39, 0.29) is 11.5 Å². The molecule has 7 heteroatoms. The molecule has 0 fully saturated rings. The van der Waals surface area contributed by atoms with Gasteiger partial charge in [0.15, 0.2) is 0 Å². The number of hydrogen-bond donors (Lipinski definition) is 2. The molecule has 0 atom stereocenters. The number of phenolic OH excluding ortho intramolecular Hbond substituents is 2. The lowest BCUT2D eigenvalue weighted by atomic mass is 10.00. The van der Waals surface area contributed by atoms with E-state index in [0.717, 1.165) is 112 Å². The molecule has 0 aliphatic heterocycles. The minimum atomic E-state index is -2.21. The second-order valence-electron chi connectivity index (χ2n) is 16.9. The molecule has 0 saturated heterocycles. The van der Waals surface area contributed by atoms with Gasteiger partial charge in [0.1, 0.15) is 31.1 Å². The van der Waals surface area contributed by atoms with Crippen molar-refractivity contribution in [1.29, 1.82) is 0 Å². The molecule has 2 aromatic heterocycles. The van der Waals surface area contributed by atoms with Gasteiger partial charge in [-0.05, 0) is 85.6 Å². The van der Waals surface area contributed by atoms with Crippen molar-refractivity contribution in [3.8, 4) is 56.6 Å². The average Bonchev–Trinajstić information content (AvgIpc) is 3.84. The Morgan fingerprint density at radius 3 is 1.08 bits per heavy atom. The normalized spacial score (nSPS) is 11.9. The second-order valence-corrected chi connectivity index (χ2v) is 21.9. The first-order valence-corrected chi connectivity index (χ1v) is 24.7. The van der Waals surface area contributed by atoms with Gasteiger partial charge in [0, 0.05) is 43.8 Å². The molecule has 0 saturated carbocycles. The summed E-state index contributed by atoms with van der Waals surface area (Å²) in [4.78, 5) is 0. The van der Waals surface area contributed by atoms with Crippen LogP contribution >= 0.6 is 0 Å². The third-order valence-electron chi connectivity index (χ3n) is 13.0. The topological polar surface area (TPSA) is 68.8 Å². The first-order chi connectivity index (χ1) is 30.8. The molecule has 0 spiro atoms. The molecule has 2 N–H and O–H groups in total. The Morgan fingerprint density at radius 2 is 0.730 bits per heavy atom. The molecule has 2 heterocycles. The number of aryl methyl sites for hydroxylation is 2. The van der Waals surface area contributed by atoms with E-state index in [9.17, 15) is 10.2 Å². The van der Waals surface area contributed by atoms with Gasteiger partial charge in [-0.25, -0.2) is 0 Å². The minimum Gasteiger partial charge on any atom is -0.505 e. The standard InChI is InChI=1S/C56H50N2O4Si/c1-5-63(6-2,35-61-53-29-17-11-23-43(53)45-31-37(3)33-51(55(45)59)57-47-25-13-7-19-39(47)40-20-8-14-26-48(40)57)36-62-54-30-18-12-24-44(54)46-32-38(4)34-52(56(46)60)58-49-27-15-9-21-41(49)42-22-10-16-28-50(42)58/h7-34,59-60H,5-6,35-36H2,1-4H3. The van der Waals surface area contributed by atoms with Crippen LogP contribution in [0.2, 0.25) is 12.1 Å². The van der Waals surface area contributed by atoms with Crippen LogP contribution in [0.4, 0.5) is 0 Å².